The number of aliphatic carboxylic acids is 1. The van der Waals surface area contributed by atoms with Gasteiger partial charge in [0.1, 0.15) is 0 Å². The molecule has 0 saturated carbocycles. The molecule has 1 aromatic carbocycles. The molecule has 3 heteroatoms. The van der Waals surface area contributed by atoms with Gasteiger partial charge < -0.3 is 9.67 Å². The summed E-state index contributed by atoms with van der Waals surface area (Å²) in [6, 6.07) is 10.2. The van der Waals surface area contributed by atoms with Crippen molar-refractivity contribution in [3.05, 3.63) is 36.0 Å². The Hall–Kier alpha value is -1.77. The second-order valence-corrected chi connectivity index (χ2v) is 4.19. The van der Waals surface area contributed by atoms with Gasteiger partial charge in [-0.3, -0.25) is 4.79 Å². The Balaban J connectivity index is 2.45. The number of carboxylic acid groups (broad SMARTS) is 1. The van der Waals surface area contributed by atoms with Gasteiger partial charge in [-0.15, -0.1) is 0 Å². The largest absolute Gasteiger partial charge is 0.481 e. The summed E-state index contributed by atoms with van der Waals surface area (Å²) >= 11 is 0. The van der Waals surface area contributed by atoms with Gasteiger partial charge in [-0.05, 0) is 17.5 Å². The zero-order valence-corrected chi connectivity index (χ0v) is 9.47. The predicted molar refractivity (Wildman–Crippen MR) is 63.6 cm³/mol. The van der Waals surface area contributed by atoms with Crippen molar-refractivity contribution in [2.24, 2.45) is 7.05 Å². The Morgan fingerprint density at radius 2 is 2.12 bits per heavy atom. The molecule has 0 aliphatic heterocycles. The summed E-state index contributed by atoms with van der Waals surface area (Å²) in [6.45, 7) is 1.95. The minimum Gasteiger partial charge on any atom is -0.481 e. The van der Waals surface area contributed by atoms with E-state index in [1.54, 1.807) is 0 Å². The van der Waals surface area contributed by atoms with Crippen molar-refractivity contribution >= 4 is 16.9 Å². The maximum Gasteiger partial charge on any atom is 0.304 e. The van der Waals surface area contributed by atoms with Crippen LogP contribution in [0.5, 0.6) is 0 Å². The van der Waals surface area contributed by atoms with Crippen molar-refractivity contribution in [3.8, 4) is 0 Å². The first-order chi connectivity index (χ1) is 7.59. The third kappa shape index (κ3) is 1.81. The number of benzene rings is 1. The molecule has 1 N–H and O–H groups in total. The lowest BCUT2D eigenvalue weighted by atomic mass is 10.0. The average molecular weight is 217 g/mol. The van der Waals surface area contributed by atoms with Crippen molar-refractivity contribution in [2.75, 3.05) is 0 Å². The highest BCUT2D eigenvalue weighted by Crippen LogP contribution is 2.26. The molecular formula is C13H15NO2. The van der Waals surface area contributed by atoms with Gasteiger partial charge in [0.2, 0.25) is 0 Å². The number of aromatic nitrogens is 1. The molecule has 2 aromatic rings. The minimum absolute atomic E-state index is 0.0369. The second-order valence-electron chi connectivity index (χ2n) is 4.19. The Kier molecular flexibility index (Phi) is 2.69. The number of rotatable bonds is 3. The molecule has 1 unspecified atom stereocenters. The van der Waals surface area contributed by atoms with Crippen LogP contribution in [0.3, 0.4) is 0 Å². The van der Waals surface area contributed by atoms with Gasteiger partial charge in [0.25, 0.3) is 0 Å². The number of aryl methyl sites for hydroxylation is 1. The van der Waals surface area contributed by atoms with Gasteiger partial charge in [0, 0.05) is 24.2 Å². The molecule has 1 heterocycles. The van der Waals surface area contributed by atoms with E-state index in [-0.39, 0.29) is 12.3 Å². The smallest absolute Gasteiger partial charge is 0.304 e. The minimum atomic E-state index is -0.752. The first kappa shape index (κ1) is 10.7. The molecule has 0 bridgehead atoms. The second kappa shape index (κ2) is 4.00. The summed E-state index contributed by atoms with van der Waals surface area (Å²) in [5.41, 5.74) is 2.22. The first-order valence-electron chi connectivity index (χ1n) is 5.35. The van der Waals surface area contributed by atoms with Crippen LogP contribution in [0.15, 0.2) is 30.3 Å². The summed E-state index contributed by atoms with van der Waals surface area (Å²) in [4.78, 5) is 10.7. The van der Waals surface area contributed by atoms with E-state index in [0.717, 1.165) is 16.6 Å². The van der Waals surface area contributed by atoms with E-state index in [2.05, 4.69) is 10.6 Å². The molecule has 16 heavy (non-hydrogen) atoms. The zero-order chi connectivity index (χ0) is 11.7. The Labute approximate surface area is 94.3 Å². The molecule has 0 amide bonds. The van der Waals surface area contributed by atoms with Gasteiger partial charge in [-0.25, -0.2) is 0 Å². The number of hydrogen-bond acceptors (Lipinski definition) is 1. The van der Waals surface area contributed by atoms with Crippen LogP contribution < -0.4 is 0 Å². The normalized spacial score (nSPS) is 12.9. The summed E-state index contributed by atoms with van der Waals surface area (Å²) in [6.07, 6.45) is 0.171. The summed E-state index contributed by atoms with van der Waals surface area (Å²) in [7, 11) is 1.98. The van der Waals surface area contributed by atoms with Gasteiger partial charge in [-0.2, -0.15) is 0 Å². The molecule has 0 radical (unpaired) electrons. The lowest BCUT2D eigenvalue weighted by Gasteiger charge is -2.10. The number of fused-ring (bicyclic) bond motifs is 1. The van der Waals surface area contributed by atoms with E-state index in [1.165, 1.54) is 0 Å². The quantitative estimate of drug-likeness (QED) is 0.859. The topological polar surface area (TPSA) is 42.2 Å². The molecule has 0 saturated heterocycles. The highest BCUT2D eigenvalue weighted by Gasteiger charge is 2.14. The van der Waals surface area contributed by atoms with E-state index in [0.29, 0.717) is 0 Å². The van der Waals surface area contributed by atoms with Crippen molar-refractivity contribution in [1.29, 1.82) is 0 Å². The summed E-state index contributed by atoms with van der Waals surface area (Å²) in [5, 5.41) is 9.97. The molecule has 1 atom stereocenters. The third-order valence-electron chi connectivity index (χ3n) is 2.97. The molecule has 2 rings (SSSR count). The molecule has 0 spiro atoms. The van der Waals surface area contributed by atoms with E-state index >= 15 is 0 Å². The maximum atomic E-state index is 10.7. The van der Waals surface area contributed by atoms with Crippen LogP contribution >= 0.6 is 0 Å². The highest BCUT2D eigenvalue weighted by molar-refractivity contribution is 5.81. The van der Waals surface area contributed by atoms with Crippen LogP contribution in [-0.4, -0.2) is 15.6 Å². The lowest BCUT2D eigenvalue weighted by Crippen LogP contribution is -2.06. The molecule has 1 aromatic heterocycles. The van der Waals surface area contributed by atoms with Gasteiger partial charge in [0.05, 0.1) is 6.42 Å². The zero-order valence-electron chi connectivity index (χ0n) is 9.47. The van der Waals surface area contributed by atoms with Crippen molar-refractivity contribution < 1.29 is 9.90 Å². The van der Waals surface area contributed by atoms with Crippen LogP contribution in [0, 0.1) is 0 Å². The number of carbonyl (C=O) groups is 1. The van der Waals surface area contributed by atoms with Crippen LogP contribution in [0.4, 0.5) is 0 Å². The number of hydrogen-bond donors (Lipinski definition) is 1. The van der Waals surface area contributed by atoms with Crippen LogP contribution in [0.1, 0.15) is 25.0 Å². The maximum absolute atomic E-state index is 10.7. The summed E-state index contributed by atoms with van der Waals surface area (Å²) in [5.74, 6) is -0.715. The monoisotopic (exact) mass is 217 g/mol. The Morgan fingerprint density at radius 3 is 2.75 bits per heavy atom. The van der Waals surface area contributed by atoms with Crippen molar-refractivity contribution in [1.82, 2.24) is 4.57 Å². The average Bonchev–Trinajstić information content (AvgIpc) is 2.56. The fourth-order valence-electron chi connectivity index (χ4n) is 2.15. The number of carboxylic acids is 1. The van der Waals surface area contributed by atoms with Crippen molar-refractivity contribution in [2.45, 2.75) is 19.3 Å². The molecule has 84 valence electrons. The SMILES string of the molecule is CC(CC(=O)O)c1cc2ccccc2n1C. The number of nitrogens with zero attached hydrogens (tertiary/aromatic N) is 1. The summed E-state index contributed by atoms with van der Waals surface area (Å²) < 4.78 is 2.07. The van der Waals surface area contributed by atoms with Gasteiger partial charge in [-0.1, -0.05) is 25.1 Å². The van der Waals surface area contributed by atoms with Crippen LogP contribution in [-0.2, 0) is 11.8 Å². The molecule has 3 nitrogen and oxygen atoms in total. The fraction of sp³-hybridized carbons (Fsp3) is 0.308. The van der Waals surface area contributed by atoms with Crippen LogP contribution in [0.25, 0.3) is 10.9 Å². The molecular weight excluding hydrogens is 202 g/mol. The third-order valence-corrected chi connectivity index (χ3v) is 2.97. The van der Waals surface area contributed by atoms with Crippen molar-refractivity contribution in [3.63, 3.8) is 0 Å². The van der Waals surface area contributed by atoms with Gasteiger partial charge >= 0.3 is 5.97 Å². The van der Waals surface area contributed by atoms with E-state index in [4.69, 9.17) is 5.11 Å². The lowest BCUT2D eigenvalue weighted by molar-refractivity contribution is -0.137. The molecule has 0 aliphatic carbocycles. The Bertz CT molecular complexity index is 528. The molecule has 0 aliphatic rings. The van der Waals surface area contributed by atoms with Crippen LogP contribution in [0.2, 0.25) is 0 Å². The van der Waals surface area contributed by atoms with Gasteiger partial charge in [0.15, 0.2) is 0 Å². The predicted octanol–water partition coefficient (Wildman–Crippen LogP) is 2.76. The van der Waals surface area contributed by atoms with E-state index in [9.17, 15) is 4.79 Å². The number of para-hydroxylation sites is 1. The highest BCUT2D eigenvalue weighted by atomic mass is 16.4. The first-order valence-corrected chi connectivity index (χ1v) is 5.35. The standard InChI is InChI=1S/C13H15NO2/c1-9(7-13(15)16)12-8-10-5-3-4-6-11(10)14(12)2/h3-6,8-9H,7H2,1-2H3,(H,15,16). The molecule has 0 fully saturated rings. The fourth-order valence-corrected chi connectivity index (χ4v) is 2.15. The van der Waals surface area contributed by atoms with E-state index < -0.39 is 5.97 Å². The Morgan fingerprint density at radius 1 is 1.44 bits per heavy atom. The van der Waals surface area contributed by atoms with E-state index in [1.807, 2.05) is 38.2 Å².